The van der Waals surface area contributed by atoms with Crippen molar-refractivity contribution in [3.63, 3.8) is 0 Å². The van der Waals surface area contributed by atoms with E-state index in [1.165, 1.54) is 24.2 Å². The van der Waals surface area contributed by atoms with Crippen LogP contribution in [-0.4, -0.2) is 30.8 Å². The summed E-state index contributed by atoms with van der Waals surface area (Å²) in [5.74, 6) is -2.18. The van der Waals surface area contributed by atoms with Gasteiger partial charge in [-0.05, 0) is 55.5 Å². The van der Waals surface area contributed by atoms with Gasteiger partial charge in [-0.2, -0.15) is 0 Å². The first-order valence-corrected chi connectivity index (χ1v) is 11.5. The minimum absolute atomic E-state index is 0.0756. The predicted octanol–water partition coefficient (Wildman–Crippen LogP) is 4.07. The number of nitrogens with zero attached hydrogens (tertiary/aromatic N) is 1. The third-order valence-electron chi connectivity index (χ3n) is 5.48. The summed E-state index contributed by atoms with van der Waals surface area (Å²) in [6, 6.07) is 18.5. The Kier molecular flexibility index (Phi) is 7.55. The second-order valence-electron chi connectivity index (χ2n) is 7.94. The second kappa shape index (κ2) is 11.0. The third kappa shape index (κ3) is 5.62. The van der Waals surface area contributed by atoms with Gasteiger partial charge < -0.3 is 19.8 Å². The Morgan fingerprint density at radius 2 is 1.78 bits per heavy atom. The van der Waals surface area contributed by atoms with Gasteiger partial charge in [-0.25, -0.2) is 4.79 Å². The zero-order chi connectivity index (χ0) is 26.5. The molecule has 2 N–H and O–H groups in total. The normalized spacial score (nSPS) is 14.2. The van der Waals surface area contributed by atoms with Crippen molar-refractivity contribution in [3.8, 4) is 0 Å². The van der Waals surface area contributed by atoms with Gasteiger partial charge >= 0.3 is 17.8 Å². The van der Waals surface area contributed by atoms with Crippen molar-refractivity contribution < 1.29 is 28.3 Å². The number of halogens is 1. The topological polar surface area (TPSA) is 118 Å². The van der Waals surface area contributed by atoms with Crippen LogP contribution in [0.3, 0.4) is 0 Å². The maximum Gasteiger partial charge on any atom is 0.340 e. The van der Waals surface area contributed by atoms with Gasteiger partial charge in [0.05, 0.1) is 24.8 Å². The standard InChI is InChI=1S/C27H22ClN3O6/c1-16-23(27(35)36-2)22(26(34)31(16)19-9-4-3-5-10-19)14-20-11-12-21(37-20)15-29-24(32)25(33)30-18-8-6-7-17(28)13-18/h3-14H,15H2,1-2H3,(H,29,32)(H,30,33)/b22-14+. The molecule has 3 amide bonds. The molecule has 0 aliphatic carbocycles. The molecule has 37 heavy (non-hydrogen) atoms. The Balaban J connectivity index is 1.48. The highest BCUT2D eigenvalue weighted by atomic mass is 35.5. The highest BCUT2D eigenvalue weighted by molar-refractivity contribution is 6.39. The number of anilines is 2. The van der Waals surface area contributed by atoms with E-state index in [2.05, 4.69) is 10.6 Å². The van der Waals surface area contributed by atoms with Crippen LogP contribution in [0.25, 0.3) is 6.08 Å². The van der Waals surface area contributed by atoms with Gasteiger partial charge in [-0.15, -0.1) is 0 Å². The largest absolute Gasteiger partial charge is 0.465 e. The van der Waals surface area contributed by atoms with Crippen LogP contribution >= 0.6 is 11.6 Å². The smallest absolute Gasteiger partial charge is 0.340 e. The van der Waals surface area contributed by atoms with Gasteiger partial charge in [0.1, 0.15) is 11.5 Å². The molecule has 0 fully saturated rings. The van der Waals surface area contributed by atoms with Crippen LogP contribution in [0.1, 0.15) is 18.4 Å². The number of esters is 1. The van der Waals surface area contributed by atoms with Crippen LogP contribution in [-0.2, 0) is 30.5 Å². The molecule has 3 aromatic rings. The maximum atomic E-state index is 13.3. The van der Waals surface area contributed by atoms with E-state index >= 15 is 0 Å². The monoisotopic (exact) mass is 519 g/mol. The zero-order valence-corrected chi connectivity index (χ0v) is 20.7. The van der Waals surface area contributed by atoms with Crippen molar-refractivity contribution in [2.45, 2.75) is 13.5 Å². The predicted molar refractivity (Wildman–Crippen MR) is 137 cm³/mol. The second-order valence-corrected chi connectivity index (χ2v) is 8.37. The van der Waals surface area contributed by atoms with Crippen molar-refractivity contribution >= 4 is 52.7 Å². The Labute approximate surface area is 217 Å². The summed E-state index contributed by atoms with van der Waals surface area (Å²) in [5.41, 5.74) is 1.65. The zero-order valence-electron chi connectivity index (χ0n) is 19.9. The molecule has 0 saturated heterocycles. The van der Waals surface area contributed by atoms with Crippen LogP contribution in [0, 0.1) is 0 Å². The van der Waals surface area contributed by atoms with E-state index in [4.69, 9.17) is 20.8 Å². The third-order valence-corrected chi connectivity index (χ3v) is 5.72. The minimum Gasteiger partial charge on any atom is -0.465 e. The number of nitrogens with one attached hydrogen (secondary N) is 2. The number of methoxy groups -OCH3 is 1. The number of para-hydroxylation sites is 1. The Hall–Kier alpha value is -4.63. The fourth-order valence-electron chi connectivity index (χ4n) is 3.78. The SMILES string of the molecule is COC(=O)C1=C(C)N(c2ccccc2)C(=O)/C1=C/c1ccc(CNC(=O)C(=O)Nc2cccc(Cl)c2)o1. The summed E-state index contributed by atoms with van der Waals surface area (Å²) in [6.07, 6.45) is 1.44. The molecule has 2 aromatic carbocycles. The quantitative estimate of drug-likeness (QED) is 0.288. The van der Waals surface area contributed by atoms with Crippen molar-refractivity contribution in [2.75, 3.05) is 17.3 Å². The minimum atomic E-state index is -0.868. The Morgan fingerprint density at radius 3 is 2.49 bits per heavy atom. The number of ether oxygens (including phenoxy) is 1. The van der Waals surface area contributed by atoms with Crippen LogP contribution in [0.5, 0.6) is 0 Å². The number of benzene rings is 2. The molecule has 1 aliphatic rings. The van der Waals surface area contributed by atoms with Gasteiger partial charge in [-0.3, -0.25) is 19.3 Å². The van der Waals surface area contributed by atoms with E-state index in [1.54, 1.807) is 61.5 Å². The molecule has 1 aliphatic heterocycles. The van der Waals surface area contributed by atoms with E-state index in [-0.39, 0.29) is 23.5 Å². The lowest BCUT2D eigenvalue weighted by Gasteiger charge is -2.17. The molecular weight excluding hydrogens is 498 g/mol. The lowest BCUT2D eigenvalue weighted by atomic mass is 10.1. The van der Waals surface area contributed by atoms with E-state index in [1.807, 2.05) is 6.07 Å². The number of carbonyl (C=O) groups excluding carboxylic acids is 4. The molecule has 9 nitrogen and oxygen atoms in total. The number of amides is 3. The molecule has 0 atom stereocenters. The number of rotatable bonds is 6. The van der Waals surface area contributed by atoms with Gasteiger partial charge in [0, 0.05) is 22.1 Å². The summed E-state index contributed by atoms with van der Waals surface area (Å²) in [6.45, 7) is 1.59. The lowest BCUT2D eigenvalue weighted by molar-refractivity contribution is -0.136. The fourth-order valence-corrected chi connectivity index (χ4v) is 3.97. The first-order valence-electron chi connectivity index (χ1n) is 11.1. The summed E-state index contributed by atoms with van der Waals surface area (Å²) in [7, 11) is 1.24. The van der Waals surface area contributed by atoms with Gasteiger partial charge in [-0.1, -0.05) is 35.9 Å². The van der Waals surface area contributed by atoms with Crippen LogP contribution in [0.2, 0.25) is 5.02 Å². The van der Waals surface area contributed by atoms with E-state index in [9.17, 15) is 19.2 Å². The lowest BCUT2D eigenvalue weighted by Crippen LogP contribution is -2.34. The Morgan fingerprint density at radius 1 is 1.03 bits per heavy atom. The highest BCUT2D eigenvalue weighted by Crippen LogP contribution is 2.35. The number of hydrogen-bond acceptors (Lipinski definition) is 6. The number of furan rings is 1. The number of carbonyl (C=O) groups is 4. The average Bonchev–Trinajstić information content (AvgIpc) is 3.44. The Bertz CT molecular complexity index is 1440. The maximum absolute atomic E-state index is 13.3. The first-order chi connectivity index (χ1) is 17.8. The van der Waals surface area contributed by atoms with Gasteiger partial charge in [0.25, 0.3) is 5.91 Å². The van der Waals surface area contributed by atoms with Crippen molar-refractivity contribution in [1.29, 1.82) is 0 Å². The van der Waals surface area contributed by atoms with E-state index in [0.717, 1.165) is 0 Å². The fraction of sp³-hybridized carbons (Fsp3) is 0.111. The molecule has 0 unspecified atom stereocenters. The first kappa shape index (κ1) is 25.5. The van der Waals surface area contributed by atoms with Gasteiger partial charge in [0.2, 0.25) is 0 Å². The molecule has 4 rings (SSSR count). The molecule has 0 radical (unpaired) electrons. The average molecular weight is 520 g/mol. The summed E-state index contributed by atoms with van der Waals surface area (Å²) in [5, 5.41) is 5.34. The summed E-state index contributed by atoms with van der Waals surface area (Å²) in [4.78, 5) is 51.5. The van der Waals surface area contributed by atoms with Crippen LogP contribution in [0.15, 0.2) is 88.0 Å². The van der Waals surface area contributed by atoms with Crippen LogP contribution < -0.4 is 15.5 Å². The molecular formula is C27H22ClN3O6. The van der Waals surface area contributed by atoms with E-state index < -0.39 is 23.7 Å². The highest BCUT2D eigenvalue weighted by Gasteiger charge is 2.38. The number of hydrogen-bond donors (Lipinski definition) is 2. The van der Waals surface area contributed by atoms with Crippen molar-refractivity contribution in [1.82, 2.24) is 5.32 Å². The molecule has 0 bridgehead atoms. The summed E-state index contributed by atoms with van der Waals surface area (Å²) < 4.78 is 10.6. The molecule has 0 saturated carbocycles. The van der Waals surface area contributed by atoms with Crippen molar-refractivity contribution in [3.05, 3.63) is 100 Å². The molecule has 1 aromatic heterocycles. The summed E-state index contributed by atoms with van der Waals surface area (Å²) >= 11 is 5.88. The van der Waals surface area contributed by atoms with Crippen LogP contribution in [0.4, 0.5) is 11.4 Å². The number of allylic oxidation sites excluding steroid dienone is 1. The molecule has 0 spiro atoms. The molecule has 10 heteroatoms. The molecule has 188 valence electrons. The van der Waals surface area contributed by atoms with Gasteiger partial charge in [0.15, 0.2) is 0 Å². The molecule has 2 heterocycles. The van der Waals surface area contributed by atoms with E-state index in [0.29, 0.717) is 27.9 Å². The van der Waals surface area contributed by atoms with Crippen molar-refractivity contribution in [2.24, 2.45) is 0 Å².